The summed E-state index contributed by atoms with van der Waals surface area (Å²) in [5, 5.41) is 9.24. The van der Waals surface area contributed by atoms with Gasteiger partial charge in [0.05, 0.1) is 0 Å². The van der Waals surface area contributed by atoms with Gasteiger partial charge in [-0.1, -0.05) is 0 Å². The normalized spacial score (nSPS) is 34.2. The molecule has 2 atom stereocenters. The van der Waals surface area contributed by atoms with Crippen LogP contribution in [0.5, 0.6) is 0 Å². The van der Waals surface area contributed by atoms with Gasteiger partial charge in [0.15, 0.2) is 5.75 Å². The van der Waals surface area contributed by atoms with E-state index in [1.54, 1.807) is 0 Å². The van der Waals surface area contributed by atoms with Gasteiger partial charge in [-0.15, -0.1) is 0 Å². The standard InChI is InChI=1S/C7H12NS/c1-7-3-2-5-9(7)6-4-8/h7H,2-3,5-6H2,1H3/q+1. The van der Waals surface area contributed by atoms with E-state index < -0.39 is 0 Å². The average molecular weight is 142 g/mol. The fourth-order valence-corrected chi connectivity index (χ4v) is 3.26. The van der Waals surface area contributed by atoms with Crippen molar-refractivity contribution in [1.29, 1.82) is 5.26 Å². The summed E-state index contributed by atoms with van der Waals surface area (Å²) in [6.07, 6.45) is 2.71. The molecule has 1 aliphatic rings. The molecule has 1 saturated heterocycles. The van der Waals surface area contributed by atoms with Gasteiger partial charge in [-0.05, 0) is 19.8 Å². The molecule has 0 bridgehead atoms. The lowest BCUT2D eigenvalue weighted by Crippen LogP contribution is -2.15. The molecule has 0 N–H and O–H groups in total. The van der Waals surface area contributed by atoms with Crippen LogP contribution in [-0.4, -0.2) is 16.8 Å². The van der Waals surface area contributed by atoms with Gasteiger partial charge in [0.1, 0.15) is 17.1 Å². The number of nitriles is 1. The monoisotopic (exact) mass is 142 g/mol. The average Bonchev–Trinajstić information content (AvgIpc) is 2.18. The molecule has 1 rings (SSSR count). The van der Waals surface area contributed by atoms with Crippen molar-refractivity contribution in [2.75, 3.05) is 11.5 Å². The molecule has 0 saturated carbocycles. The molecular weight excluding hydrogens is 130 g/mol. The molecule has 2 heteroatoms. The Hall–Kier alpha value is -0.160. The van der Waals surface area contributed by atoms with Crippen LogP contribution in [-0.2, 0) is 10.9 Å². The summed E-state index contributed by atoms with van der Waals surface area (Å²) in [6.45, 7) is 2.27. The van der Waals surface area contributed by atoms with Gasteiger partial charge in [0, 0.05) is 10.9 Å². The van der Waals surface area contributed by atoms with Gasteiger partial charge in [-0.25, -0.2) is 0 Å². The summed E-state index contributed by atoms with van der Waals surface area (Å²) in [6, 6.07) is 2.25. The van der Waals surface area contributed by atoms with Crippen molar-refractivity contribution in [3.8, 4) is 6.07 Å². The highest BCUT2D eigenvalue weighted by Gasteiger charge is 2.31. The molecule has 2 unspecified atom stereocenters. The van der Waals surface area contributed by atoms with Crippen molar-refractivity contribution in [3.05, 3.63) is 0 Å². The first-order valence-electron chi connectivity index (χ1n) is 3.38. The van der Waals surface area contributed by atoms with Gasteiger partial charge in [0.25, 0.3) is 0 Å². The molecule has 0 amide bonds. The first-order chi connectivity index (χ1) is 4.34. The maximum atomic E-state index is 8.40. The summed E-state index contributed by atoms with van der Waals surface area (Å²) in [5.41, 5.74) is 0. The molecule has 0 aliphatic carbocycles. The summed E-state index contributed by atoms with van der Waals surface area (Å²) in [5.74, 6) is 2.12. The highest BCUT2D eigenvalue weighted by molar-refractivity contribution is 7.97. The number of nitrogens with zero attached hydrogens (tertiary/aromatic N) is 1. The van der Waals surface area contributed by atoms with E-state index in [0.717, 1.165) is 11.0 Å². The smallest absolute Gasteiger partial charge is 0.193 e. The molecular formula is C7H12NS+. The number of hydrogen-bond donors (Lipinski definition) is 0. The van der Waals surface area contributed by atoms with Crippen LogP contribution in [0.4, 0.5) is 0 Å². The second-order valence-electron chi connectivity index (χ2n) is 2.50. The minimum atomic E-state index is 0.467. The Kier molecular flexibility index (Phi) is 2.41. The molecule has 0 aromatic rings. The van der Waals surface area contributed by atoms with Gasteiger partial charge in [-0.3, -0.25) is 0 Å². The van der Waals surface area contributed by atoms with E-state index in [4.69, 9.17) is 5.26 Å². The molecule has 1 aliphatic heterocycles. The van der Waals surface area contributed by atoms with Crippen LogP contribution in [0, 0.1) is 11.3 Å². The maximum Gasteiger partial charge on any atom is 0.193 e. The Labute approximate surface area is 59.4 Å². The Morgan fingerprint density at radius 3 is 3.00 bits per heavy atom. The Balaban J connectivity index is 2.33. The topological polar surface area (TPSA) is 23.8 Å². The summed E-state index contributed by atoms with van der Waals surface area (Å²) in [4.78, 5) is 0. The van der Waals surface area contributed by atoms with Crippen LogP contribution < -0.4 is 0 Å². The second kappa shape index (κ2) is 3.12. The van der Waals surface area contributed by atoms with Crippen molar-refractivity contribution in [2.45, 2.75) is 25.0 Å². The lowest BCUT2D eigenvalue weighted by Gasteiger charge is -1.99. The van der Waals surface area contributed by atoms with Crippen LogP contribution in [0.3, 0.4) is 0 Å². The van der Waals surface area contributed by atoms with Crippen molar-refractivity contribution in [1.82, 2.24) is 0 Å². The zero-order valence-electron chi connectivity index (χ0n) is 5.76. The highest BCUT2D eigenvalue weighted by Crippen LogP contribution is 2.21. The van der Waals surface area contributed by atoms with E-state index in [0.29, 0.717) is 10.9 Å². The molecule has 50 valence electrons. The predicted molar refractivity (Wildman–Crippen MR) is 41.4 cm³/mol. The van der Waals surface area contributed by atoms with Gasteiger partial charge in [-0.2, -0.15) is 5.26 Å². The summed E-state index contributed by atoms with van der Waals surface area (Å²) >= 11 is 0. The summed E-state index contributed by atoms with van der Waals surface area (Å²) in [7, 11) is 0.467. The van der Waals surface area contributed by atoms with E-state index in [1.165, 1.54) is 18.6 Å². The lowest BCUT2D eigenvalue weighted by molar-refractivity contribution is 0.836. The van der Waals surface area contributed by atoms with E-state index in [1.807, 2.05) is 0 Å². The zero-order chi connectivity index (χ0) is 6.69. The molecule has 0 aromatic heterocycles. The quantitative estimate of drug-likeness (QED) is 0.506. The fourth-order valence-electron chi connectivity index (χ4n) is 1.22. The highest BCUT2D eigenvalue weighted by atomic mass is 32.2. The minimum Gasteiger partial charge on any atom is -0.193 e. The molecule has 9 heavy (non-hydrogen) atoms. The Bertz CT molecular complexity index is 127. The van der Waals surface area contributed by atoms with Crippen LogP contribution in [0.25, 0.3) is 0 Å². The lowest BCUT2D eigenvalue weighted by atomic mass is 10.3. The van der Waals surface area contributed by atoms with Gasteiger partial charge in [0.2, 0.25) is 0 Å². The van der Waals surface area contributed by atoms with Crippen molar-refractivity contribution >= 4 is 10.9 Å². The molecule has 1 nitrogen and oxygen atoms in total. The molecule has 0 spiro atoms. The third-order valence-corrected chi connectivity index (χ3v) is 4.52. The third-order valence-electron chi connectivity index (χ3n) is 1.84. The Morgan fingerprint density at radius 1 is 1.78 bits per heavy atom. The van der Waals surface area contributed by atoms with E-state index in [2.05, 4.69) is 13.0 Å². The molecule has 0 aromatic carbocycles. The van der Waals surface area contributed by atoms with Crippen molar-refractivity contribution in [2.24, 2.45) is 0 Å². The SMILES string of the molecule is CC1CCC[S+]1CC#N. The maximum absolute atomic E-state index is 8.40. The van der Waals surface area contributed by atoms with Crippen molar-refractivity contribution in [3.63, 3.8) is 0 Å². The van der Waals surface area contributed by atoms with Crippen molar-refractivity contribution < 1.29 is 0 Å². The first kappa shape index (κ1) is 6.95. The third kappa shape index (κ3) is 1.62. The summed E-state index contributed by atoms with van der Waals surface area (Å²) < 4.78 is 0. The molecule has 1 heterocycles. The van der Waals surface area contributed by atoms with E-state index in [9.17, 15) is 0 Å². The van der Waals surface area contributed by atoms with Gasteiger partial charge < -0.3 is 0 Å². The predicted octanol–water partition coefficient (Wildman–Crippen LogP) is 1.31. The van der Waals surface area contributed by atoms with E-state index >= 15 is 0 Å². The molecule has 0 radical (unpaired) electrons. The van der Waals surface area contributed by atoms with Crippen LogP contribution in [0.15, 0.2) is 0 Å². The number of rotatable bonds is 1. The first-order valence-corrected chi connectivity index (χ1v) is 5.00. The zero-order valence-corrected chi connectivity index (χ0v) is 6.58. The Morgan fingerprint density at radius 2 is 2.56 bits per heavy atom. The second-order valence-corrected chi connectivity index (χ2v) is 5.07. The van der Waals surface area contributed by atoms with Crippen LogP contribution >= 0.6 is 0 Å². The fraction of sp³-hybridized carbons (Fsp3) is 0.857. The van der Waals surface area contributed by atoms with Gasteiger partial charge >= 0.3 is 0 Å². The number of hydrogen-bond acceptors (Lipinski definition) is 1. The largest absolute Gasteiger partial charge is 0.193 e. The molecule has 1 fully saturated rings. The van der Waals surface area contributed by atoms with Crippen LogP contribution in [0.1, 0.15) is 19.8 Å². The van der Waals surface area contributed by atoms with E-state index in [-0.39, 0.29) is 0 Å². The minimum absolute atomic E-state index is 0.467. The van der Waals surface area contributed by atoms with Crippen LogP contribution in [0.2, 0.25) is 0 Å².